The van der Waals surface area contributed by atoms with Crippen molar-refractivity contribution in [3.8, 4) is 0 Å². The molecule has 2 rings (SSSR count). The van der Waals surface area contributed by atoms with Gasteiger partial charge >= 0.3 is 0 Å². The number of carbonyl (C=O) groups excluding carboxylic acids is 1. The van der Waals surface area contributed by atoms with Crippen LogP contribution in [0.5, 0.6) is 0 Å². The van der Waals surface area contributed by atoms with E-state index in [1.54, 1.807) is 0 Å². The maximum absolute atomic E-state index is 12.1. The lowest BCUT2D eigenvalue weighted by Gasteiger charge is -2.40. The molecule has 0 radical (unpaired) electrons. The second kappa shape index (κ2) is 7.25. The molecule has 1 atom stereocenters. The first-order valence-electron chi connectivity index (χ1n) is 8.08. The second-order valence-electron chi connectivity index (χ2n) is 6.96. The first-order chi connectivity index (χ1) is 10.4. The molecule has 4 nitrogen and oxygen atoms in total. The van der Waals surface area contributed by atoms with E-state index in [4.69, 9.17) is 4.74 Å². The molecule has 0 aromatic heterocycles. The van der Waals surface area contributed by atoms with Gasteiger partial charge in [0, 0.05) is 17.6 Å². The maximum atomic E-state index is 12.1. The maximum Gasteiger partial charge on any atom is 0.238 e. The lowest BCUT2D eigenvalue weighted by atomic mass is 9.88. The smallest absolute Gasteiger partial charge is 0.238 e. The third-order valence-electron chi connectivity index (χ3n) is 4.34. The highest BCUT2D eigenvalue weighted by molar-refractivity contribution is 5.92. The van der Waals surface area contributed by atoms with Gasteiger partial charge in [-0.3, -0.25) is 9.69 Å². The van der Waals surface area contributed by atoms with Crippen LogP contribution in [0.2, 0.25) is 0 Å². The summed E-state index contributed by atoms with van der Waals surface area (Å²) in [6.07, 6.45) is 1.12. The van der Waals surface area contributed by atoms with Crippen LogP contribution < -0.4 is 5.32 Å². The van der Waals surface area contributed by atoms with Gasteiger partial charge < -0.3 is 10.1 Å². The minimum absolute atomic E-state index is 0.0302. The highest BCUT2D eigenvalue weighted by Crippen LogP contribution is 2.27. The SMILES string of the molecule is CC[C@H](C)c1ccc(NC(=O)CN(C)CC2(C)COC2)cc1. The third kappa shape index (κ3) is 4.55. The molecule has 122 valence electrons. The van der Waals surface area contributed by atoms with E-state index < -0.39 is 0 Å². The summed E-state index contributed by atoms with van der Waals surface area (Å²) < 4.78 is 5.25. The topological polar surface area (TPSA) is 41.6 Å². The molecule has 1 amide bonds. The van der Waals surface area contributed by atoms with Gasteiger partial charge in [-0.15, -0.1) is 0 Å². The number of amides is 1. The van der Waals surface area contributed by atoms with Crippen LogP contribution in [0.1, 0.15) is 38.7 Å². The fraction of sp³-hybridized carbons (Fsp3) is 0.611. The van der Waals surface area contributed by atoms with E-state index >= 15 is 0 Å². The number of carbonyl (C=O) groups is 1. The van der Waals surface area contributed by atoms with Gasteiger partial charge in [-0.2, -0.15) is 0 Å². The first kappa shape index (κ1) is 17.0. The van der Waals surface area contributed by atoms with E-state index in [2.05, 4.69) is 43.1 Å². The lowest BCUT2D eigenvalue weighted by Crippen LogP contribution is -2.49. The zero-order valence-corrected chi connectivity index (χ0v) is 14.2. The highest BCUT2D eigenvalue weighted by Gasteiger charge is 2.34. The molecule has 0 unspecified atom stereocenters. The van der Waals surface area contributed by atoms with E-state index in [1.165, 1.54) is 5.56 Å². The minimum Gasteiger partial charge on any atom is -0.380 e. The monoisotopic (exact) mass is 304 g/mol. The standard InChI is InChI=1S/C18H28N2O2/c1-5-14(2)15-6-8-16(9-7-15)19-17(21)10-20(4)11-18(3)12-22-13-18/h6-9,14H,5,10-13H2,1-4H3,(H,19,21)/t14-/m0/s1. The van der Waals surface area contributed by atoms with Crippen LogP contribution in [-0.2, 0) is 9.53 Å². The number of anilines is 1. The Labute approximate surface area is 133 Å². The van der Waals surface area contributed by atoms with Crippen molar-refractivity contribution in [2.45, 2.75) is 33.1 Å². The van der Waals surface area contributed by atoms with Crippen molar-refractivity contribution in [3.05, 3.63) is 29.8 Å². The number of nitrogens with one attached hydrogen (secondary N) is 1. The number of nitrogens with zero attached hydrogens (tertiary/aromatic N) is 1. The predicted molar refractivity (Wildman–Crippen MR) is 90.2 cm³/mol. The Kier molecular flexibility index (Phi) is 5.59. The third-order valence-corrected chi connectivity index (χ3v) is 4.34. The Bertz CT molecular complexity index is 494. The fourth-order valence-electron chi connectivity index (χ4n) is 2.83. The molecule has 1 saturated heterocycles. The van der Waals surface area contributed by atoms with Crippen LogP contribution in [0.3, 0.4) is 0 Å². The Morgan fingerprint density at radius 3 is 2.50 bits per heavy atom. The van der Waals surface area contributed by atoms with Gasteiger partial charge in [-0.25, -0.2) is 0 Å². The summed E-state index contributed by atoms with van der Waals surface area (Å²) >= 11 is 0. The molecule has 0 saturated carbocycles. The van der Waals surface area contributed by atoms with Crippen molar-refractivity contribution in [2.75, 3.05) is 38.7 Å². The van der Waals surface area contributed by atoms with Crippen LogP contribution in [0.4, 0.5) is 5.69 Å². The van der Waals surface area contributed by atoms with Crippen molar-refractivity contribution < 1.29 is 9.53 Å². The number of benzene rings is 1. The summed E-state index contributed by atoms with van der Waals surface area (Å²) in [5.41, 5.74) is 2.38. The van der Waals surface area contributed by atoms with Crippen LogP contribution in [-0.4, -0.2) is 44.2 Å². The van der Waals surface area contributed by atoms with Crippen molar-refractivity contribution >= 4 is 11.6 Å². The summed E-state index contributed by atoms with van der Waals surface area (Å²) in [6.45, 7) is 9.46. The zero-order chi connectivity index (χ0) is 16.2. The summed E-state index contributed by atoms with van der Waals surface area (Å²) in [5.74, 6) is 0.587. The fourth-order valence-corrected chi connectivity index (χ4v) is 2.83. The Hall–Kier alpha value is -1.39. The van der Waals surface area contributed by atoms with Gasteiger partial charge in [-0.1, -0.05) is 32.9 Å². The van der Waals surface area contributed by atoms with Gasteiger partial charge in [0.1, 0.15) is 0 Å². The molecule has 22 heavy (non-hydrogen) atoms. The molecule has 0 aliphatic carbocycles. The number of likely N-dealkylation sites (N-methyl/N-ethyl adjacent to an activating group) is 1. The van der Waals surface area contributed by atoms with Crippen molar-refractivity contribution in [2.24, 2.45) is 5.41 Å². The average Bonchev–Trinajstić information content (AvgIpc) is 2.45. The van der Waals surface area contributed by atoms with Crippen molar-refractivity contribution in [1.82, 2.24) is 4.90 Å². The van der Waals surface area contributed by atoms with Gasteiger partial charge in [0.15, 0.2) is 0 Å². The first-order valence-corrected chi connectivity index (χ1v) is 8.08. The summed E-state index contributed by atoms with van der Waals surface area (Å²) in [4.78, 5) is 14.2. The molecule has 1 fully saturated rings. The van der Waals surface area contributed by atoms with Gasteiger partial charge in [0.25, 0.3) is 0 Å². The summed E-state index contributed by atoms with van der Waals surface area (Å²) in [7, 11) is 1.98. The minimum atomic E-state index is 0.0302. The molecule has 1 heterocycles. The van der Waals surface area contributed by atoms with Gasteiger partial charge in [-0.05, 0) is 37.1 Å². The Morgan fingerprint density at radius 2 is 2.00 bits per heavy atom. The summed E-state index contributed by atoms with van der Waals surface area (Å²) in [5, 5.41) is 2.97. The van der Waals surface area contributed by atoms with E-state index in [1.807, 2.05) is 19.2 Å². The van der Waals surface area contributed by atoms with E-state index in [0.29, 0.717) is 12.5 Å². The molecule has 4 heteroatoms. The number of rotatable bonds is 7. The Balaban J connectivity index is 1.81. The molecule has 1 aromatic rings. The largest absolute Gasteiger partial charge is 0.380 e. The summed E-state index contributed by atoms with van der Waals surface area (Å²) in [6, 6.07) is 8.17. The molecular weight excluding hydrogens is 276 g/mol. The van der Waals surface area contributed by atoms with Crippen LogP contribution in [0.15, 0.2) is 24.3 Å². The molecule has 1 N–H and O–H groups in total. The van der Waals surface area contributed by atoms with E-state index in [-0.39, 0.29) is 11.3 Å². The average molecular weight is 304 g/mol. The number of hydrogen-bond donors (Lipinski definition) is 1. The van der Waals surface area contributed by atoms with Crippen LogP contribution >= 0.6 is 0 Å². The molecular formula is C18H28N2O2. The number of hydrogen-bond acceptors (Lipinski definition) is 3. The van der Waals surface area contributed by atoms with Crippen molar-refractivity contribution in [3.63, 3.8) is 0 Å². The second-order valence-corrected chi connectivity index (χ2v) is 6.96. The normalized spacial score (nSPS) is 17.9. The van der Waals surface area contributed by atoms with Gasteiger partial charge in [0.2, 0.25) is 5.91 Å². The Morgan fingerprint density at radius 1 is 1.36 bits per heavy atom. The van der Waals surface area contributed by atoms with Crippen molar-refractivity contribution in [1.29, 1.82) is 0 Å². The lowest BCUT2D eigenvalue weighted by molar-refractivity contribution is -0.124. The van der Waals surface area contributed by atoms with Crippen LogP contribution in [0, 0.1) is 5.41 Å². The van der Waals surface area contributed by atoms with Gasteiger partial charge in [0.05, 0.1) is 19.8 Å². The molecule has 1 aliphatic rings. The number of ether oxygens (including phenoxy) is 1. The quantitative estimate of drug-likeness (QED) is 0.841. The highest BCUT2D eigenvalue weighted by atomic mass is 16.5. The molecule has 1 aliphatic heterocycles. The van der Waals surface area contributed by atoms with E-state index in [0.717, 1.165) is 31.9 Å². The molecule has 0 spiro atoms. The van der Waals surface area contributed by atoms with E-state index in [9.17, 15) is 4.79 Å². The zero-order valence-electron chi connectivity index (χ0n) is 14.2. The predicted octanol–water partition coefficient (Wildman–Crippen LogP) is 3.11. The van der Waals surface area contributed by atoms with Crippen LogP contribution in [0.25, 0.3) is 0 Å². The molecule has 0 bridgehead atoms. The molecule has 1 aromatic carbocycles.